The molecule has 0 heterocycles. The number of hydrogen-bond donors (Lipinski definition) is 2. The number of anilines is 1. The van der Waals surface area contributed by atoms with Gasteiger partial charge in [0.05, 0.1) is 26.9 Å². The van der Waals surface area contributed by atoms with E-state index in [1.165, 1.54) is 22.4 Å². The molecule has 2 rings (SSSR count). The molecule has 0 saturated heterocycles. The van der Waals surface area contributed by atoms with Gasteiger partial charge in [0.2, 0.25) is 5.91 Å². The summed E-state index contributed by atoms with van der Waals surface area (Å²) in [5.74, 6) is 0.917. The van der Waals surface area contributed by atoms with Crippen LogP contribution in [0, 0.1) is 0 Å². The number of rotatable bonds is 3. The molecule has 1 unspecified atom stereocenters. The summed E-state index contributed by atoms with van der Waals surface area (Å²) in [7, 11) is 6.04. The van der Waals surface area contributed by atoms with Gasteiger partial charge in [0.25, 0.3) is 0 Å². The van der Waals surface area contributed by atoms with Crippen molar-refractivity contribution in [3.8, 4) is 5.75 Å². The number of nitrogens with one attached hydrogen (secondary N) is 2. The molecule has 112 valence electrons. The van der Waals surface area contributed by atoms with E-state index in [2.05, 4.69) is 19.4 Å². The number of methoxy groups -OCH3 is 1. The highest BCUT2D eigenvalue weighted by Gasteiger charge is 2.30. The zero-order chi connectivity index (χ0) is 14.0. The minimum atomic E-state index is -0.0227. The van der Waals surface area contributed by atoms with E-state index >= 15 is 0 Å². The van der Waals surface area contributed by atoms with Crippen molar-refractivity contribution < 1.29 is 26.8 Å². The summed E-state index contributed by atoms with van der Waals surface area (Å²) in [6, 6.07) is 4.33. The molecule has 2 N–H and O–H groups in total. The molecular weight excluding hydrogens is 276 g/mol. The summed E-state index contributed by atoms with van der Waals surface area (Å²) >= 11 is 0. The number of hydrogen-bond acceptors (Lipinski definition) is 2. The van der Waals surface area contributed by atoms with Crippen LogP contribution in [-0.2, 0) is 11.2 Å². The van der Waals surface area contributed by atoms with Crippen LogP contribution in [-0.4, -0.2) is 27.1 Å². The Hall–Kier alpha value is -1.26. The maximum atomic E-state index is 11.4. The Kier molecular flexibility index (Phi) is 5.84. The van der Waals surface area contributed by atoms with Gasteiger partial charge in [-0.25, -0.2) is 0 Å². The molecule has 1 aliphatic rings. The van der Waals surface area contributed by atoms with Crippen LogP contribution in [0.3, 0.4) is 0 Å². The van der Waals surface area contributed by atoms with Crippen molar-refractivity contribution in [3.05, 3.63) is 23.3 Å². The van der Waals surface area contributed by atoms with E-state index in [-0.39, 0.29) is 18.3 Å². The molecule has 0 radical (unpaired) electrons. The first-order chi connectivity index (χ1) is 9.04. The quantitative estimate of drug-likeness (QED) is 0.690. The Morgan fingerprint density at radius 1 is 1.40 bits per heavy atom. The number of fused-ring (bicyclic) bond motifs is 1. The van der Waals surface area contributed by atoms with Gasteiger partial charge in [-0.1, -0.05) is 0 Å². The summed E-state index contributed by atoms with van der Waals surface area (Å²) in [5.41, 5.74) is 3.45. The Balaban J connectivity index is 0.00000200. The highest BCUT2D eigenvalue weighted by atomic mass is 35.5. The molecule has 5 heteroatoms. The van der Waals surface area contributed by atoms with Crippen LogP contribution >= 0.6 is 0 Å². The van der Waals surface area contributed by atoms with Gasteiger partial charge in [-0.15, -0.1) is 0 Å². The van der Waals surface area contributed by atoms with Crippen LogP contribution in [0.15, 0.2) is 12.1 Å². The van der Waals surface area contributed by atoms with Crippen molar-refractivity contribution in [3.63, 3.8) is 0 Å². The van der Waals surface area contributed by atoms with Crippen LogP contribution in [0.5, 0.6) is 5.75 Å². The van der Waals surface area contributed by atoms with E-state index in [4.69, 9.17) is 4.74 Å². The highest BCUT2D eigenvalue weighted by molar-refractivity contribution is 5.90. The van der Waals surface area contributed by atoms with Gasteiger partial charge in [-0.05, 0) is 25.0 Å². The fourth-order valence-electron chi connectivity index (χ4n) is 3.00. The molecule has 0 aliphatic heterocycles. The smallest absolute Gasteiger partial charge is 0.221 e. The number of quaternary nitrogens is 1. The summed E-state index contributed by atoms with van der Waals surface area (Å²) < 4.78 is 5.48. The lowest BCUT2D eigenvalue weighted by molar-refractivity contribution is -0.893. The Morgan fingerprint density at radius 3 is 2.65 bits per heavy atom. The number of amides is 1. The van der Waals surface area contributed by atoms with E-state index in [0.29, 0.717) is 6.04 Å². The van der Waals surface area contributed by atoms with Gasteiger partial charge >= 0.3 is 0 Å². The highest BCUT2D eigenvalue weighted by Crippen LogP contribution is 2.38. The third kappa shape index (κ3) is 3.25. The molecule has 0 bridgehead atoms. The minimum absolute atomic E-state index is 0. The largest absolute Gasteiger partial charge is 1.00 e. The summed E-state index contributed by atoms with van der Waals surface area (Å²) in [4.78, 5) is 12.8. The third-order valence-electron chi connectivity index (χ3n) is 3.81. The second-order valence-electron chi connectivity index (χ2n) is 5.41. The van der Waals surface area contributed by atoms with E-state index in [1.54, 1.807) is 14.0 Å². The lowest BCUT2D eigenvalue weighted by Crippen LogP contribution is -3.06. The standard InChI is InChI=1S/C15H22N2O2.ClH/c1-10(18)16-12-8-9-14(19-4)11-6-5-7-13(15(11)12)17(2)3;/h8-9,13H,5-7H2,1-4H3,(H,16,18);1H. The lowest BCUT2D eigenvalue weighted by atomic mass is 9.85. The van der Waals surface area contributed by atoms with Gasteiger partial charge in [-0.3, -0.25) is 4.79 Å². The maximum Gasteiger partial charge on any atom is 0.221 e. The first-order valence-corrected chi connectivity index (χ1v) is 6.82. The molecule has 0 fully saturated rings. The Labute approximate surface area is 126 Å². The monoisotopic (exact) mass is 298 g/mol. The molecule has 0 spiro atoms. The van der Waals surface area contributed by atoms with Crippen molar-refractivity contribution in [2.45, 2.75) is 32.2 Å². The average molecular weight is 299 g/mol. The number of ether oxygens (including phenoxy) is 1. The van der Waals surface area contributed by atoms with E-state index in [0.717, 1.165) is 24.3 Å². The minimum Gasteiger partial charge on any atom is -1.00 e. The topological polar surface area (TPSA) is 42.8 Å². The SMILES string of the molecule is COc1ccc(NC(C)=O)c2c1CCCC2[NH+](C)C.[Cl-]. The van der Waals surface area contributed by atoms with Crippen molar-refractivity contribution in [2.24, 2.45) is 0 Å². The van der Waals surface area contributed by atoms with E-state index in [1.807, 2.05) is 12.1 Å². The molecule has 4 nitrogen and oxygen atoms in total. The van der Waals surface area contributed by atoms with Gasteiger partial charge in [0.15, 0.2) is 0 Å². The van der Waals surface area contributed by atoms with Gasteiger partial charge in [-0.2, -0.15) is 0 Å². The predicted molar refractivity (Wildman–Crippen MR) is 75.8 cm³/mol. The number of benzene rings is 1. The first kappa shape index (κ1) is 16.8. The maximum absolute atomic E-state index is 11.4. The second kappa shape index (κ2) is 6.95. The van der Waals surface area contributed by atoms with E-state index < -0.39 is 0 Å². The zero-order valence-electron chi connectivity index (χ0n) is 12.5. The fourth-order valence-corrected chi connectivity index (χ4v) is 3.00. The molecule has 20 heavy (non-hydrogen) atoms. The van der Waals surface area contributed by atoms with Crippen LogP contribution in [0.25, 0.3) is 0 Å². The van der Waals surface area contributed by atoms with Gasteiger partial charge in [0.1, 0.15) is 11.8 Å². The molecule has 1 aliphatic carbocycles. The third-order valence-corrected chi connectivity index (χ3v) is 3.81. The van der Waals surface area contributed by atoms with Crippen molar-refractivity contribution in [2.75, 3.05) is 26.5 Å². The summed E-state index contributed by atoms with van der Waals surface area (Å²) in [5, 5.41) is 2.96. The van der Waals surface area contributed by atoms with E-state index in [9.17, 15) is 4.79 Å². The van der Waals surface area contributed by atoms with Crippen molar-refractivity contribution in [1.29, 1.82) is 0 Å². The molecule has 1 aromatic carbocycles. The van der Waals surface area contributed by atoms with Gasteiger partial charge < -0.3 is 27.4 Å². The number of carbonyl (C=O) groups is 1. The predicted octanol–water partition coefficient (Wildman–Crippen LogP) is -1.82. The van der Waals surface area contributed by atoms with Crippen molar-refractivity contribution >= 4 is 11.6 Å². The van der Waals surface area contributed by atoms with Crippen LogP contribution in [0.4, 0.5) is 5.69 Å². The number of halogens is 1. The normalized spacial score (nSPS) is 17.1. The van der Waals surface area contributed by atoms with Crippen molar-refractivity contribution in [1.82, 2.24) is 0 Å². The molecule has 1 atom stereocenters. The second-order valence-corrected chi connectivity index (χ2v) is 5.41. The Bertz CT molecular complexity index is 489. The van der Waals surface area contributed by atoms with Gasteiger partial charge in [0, 0.05) is 24.5 Å². The van der Waals surface area contributed by atoms with Crippen LogP contribution < -0.4 is 27.4 Å². The summed E-state index contributed by atoms with van der Waals surface area (Å²) in [6.45, 7) is 1.55. The molecular formula is C15H23ClN2O2. The zero-order valence-corrected chi connectivity index (χ0v) is 13.3. The summed E-state index contributed by atoms with van der Waals surface area (Å²) in [6.07, 6.45) is 3.34. The number of carbonyl (C=O) groups excluding carboxylic acids is 1. The van der Waals surface area contributed by atoms with Crippen LogP contribution in [0.2, 0.25) is 0 Å². The van der Waals surface area contributed by atoms with Crippen LogP contribution in [0.1, 0.15) is 36.9 Å². The average Bonchev–Trinajstić information content (AvgIpc) is 2.37. The molecule has 1 aromatic rings. The lowest BCUT2D eigenvalue weighted by Gasteiger charge is -2.31. The molecule has 0 saturated carbocycles. The fraction of sp³-hybridized carbons (Fsp3) is 0.533. The molecule has 1 amide bonds. The first-order valence-electron chi connectivity index (χ1n) is 6.82. The Morgan fingerprint density at radius 2 is 2.10 bits per heavy atom. The molecule has 0 aromatic heterocycles.